The number of nitrogens with zero attached hydrogens (tertiary/aromatic N) is 1. The standard InChI is InChI=1S/C26H36N4O2/c1-3-16(2)23(24-28-20-6-4-5-7-21(20)29-24)30-22(31)8-9-27-25(32)26-13-17-10-18(14-26)12-19(11-17)15-26/h4-7,16-19,23H,3,8-15H2,1-2H3,(H,27,32)(H,28,29)(H,30,31)/t16-,17?,18?,19?,23-,26?/m1/s1. The number of aromatic amines is 1. The van der Waals surface area contributed by atoms with E-state index >= 15 is 0 Å². The molecule has 6 nitrogen and oxygen atoms in total. The minimum absolute atomic E-state index is 0.0402. The van der Waals surface area contributed by atoms with Crippen LogP contribution in [0.5, 0.6) is 0 Å². The van der Waals surface area contributed by atoms with E-state index in [-0.39, 0.29) is 29.2 Å². The van der Waals surface area contributed by atoms with Crippen molar-refractivity contribution in [2.75, 3.05) is 6.54 Å². The Labute approximate surface area is 190 Å². The second kappa shape index (κ2) is 8.53. The van der Waals surface area contributed by atoms with Crippen LogP contribution in [-0.2, 0) is 9.59 Å². The third-order valence-electron chi connectivity index (χ3n) is 8.39. The first kappa shape index (κ1) is 21.5. The maximum atomic E-state index is 13.1. The third-order valence-corrected chi connectivity index (χ3v) is 8.39. The summed E-state index contributed by atoms with van der Waals surface area (Å²) in [5.74, 6) is 3.44. The Bertz CT molecular complexity index is 928. The zero-order chi connectivity index (χ0) is 22.3. The molecule has 4 saturated carbocycles. The maximum Gasteiger partial charge on any atom is 0.226 e. The van der Waals surface area contributed by atoms with Gasteiger partial charge in [0.2, 0.25) is 11.8 Å². The summed E-state index contributed by atoms with van der Waals surface area (Å²) < 4.78 is 0. The summed E-state index contributed by atoms with van der Waals surface area (Å²) in [5.41, 5.74) is 1.74. The summed E-state index contributed by atoms with van der Waals surface area (Å²) in [6.45, 7) is 4.66. The van der Waals surface area contributed by atoms with Gasteiger partial charge in [-0.1, -0.05) is 32.4 Å². The number of H-pyrrole nitrogens is 1. The van der Waals surface area contributed by atoms with Crippen molar-refractivity contribution in [2.24, 2.45) is 29.1 Å². The van der Waals surface area contributed by atoms with E-state index < -0.39 is 0 Å². The van der Waals surface area contributed by atoms with Crippen molar-refractivity contribution >= 4 is 22.8 Å². The zero-order valence-electron chi connectivity index (χ0n) is 19.3. The minimum atomic E-state index is -0.168. The predicted octanol–water partition coefficient (Wildman–Crippen LogP) is 4.49. The van der Waals surface area contributed by atoms with E-state index in [9.17, 15) is 9.59 Å². The number of aromatic nitrogens is 2. The van der Waals surface area contributed by atoms with Gasteiger partial charge in [0.05, 0.1) is 17.1 Å². The summed E-state index contributed by atoms with van der Waals surface area (Å²) in [7, 11) is 0. The lowest BCUT2D eigenvalue weighted by atomic mass is 9.49. The Morgan fingerprint density at radius 1 is 1.12 bits per heavy atom. The molecule has 0 aliphatic heterocycles. The molecular weight excluding hydrogens is 400 g/mol. The van der Waals surface area contributed by atoms with Crippen LogP contribution in [0.4, 0.5) is 0 Å². The van der Waals surface area contributed by atoms with Crippen molar-refractivity contribution in [2.45, 2.75) is 71.3 Å². The molecule has 2 amide bonds. The molecule has 4 aliphatic rings. The summed E-state index contributed by atoms with van der Waals surface area (Å²) in [6, 6.07) is 7.76. The number of nitrogens with one attached hydrogen (secondary N) is 3. The molecule has 0 saturated heterocycles. The Morgan fingerprint density at radius 3 is 2.41 bits per heavy atom. The highest BCUT2D eigenvalue weighted by molar-refractivity contribution is 5.84. The number of carbonyl (C=O) groups excluding carboxylic acids is 2. The van der Waals surface area contributed by atoms with Gasteiger partial charge in [0.15, 0.2) is 0 Å². The summed E-state index contributed by atoms with van der Waals surface area (Å²) >= 11 is 0. The average molecular weight is 437 g/mol. The van der Waals surface area contributed by atoms with Gasteiger partial charge in [-0.15, -0.1) is 0 Å². The Kier molecular flexibility index (Phi) is 5.72. The molecule has 3 N–H and O–H groups in total. The van der Waals surface area contributed by atoms with Crippen molar-refractivity contribution in [3.63, 3.8) is 0 Å². The maximum absolute atomic E-state index is 13.1. The van der Waals surface area contributed by atoms with Crippen molar-refractivity contribution < 1.29 is 9.59 Å². The molecule has 1 aromatic heterocycles. The van der Waals surface area contributed by atoms with Crippen LogP contribution in [0, 0.1) is 29.1 Å². The van der Waals surface area contributed by atoms with Gasteiger partial charge in [-0.05, 0) is 74.3 Å². The molecule has 1 aromatic carbocycles. The quantitative estimate of drug-likeness (QED) is 0.570. The molecule has 0 spiro atoms. The highest BCUT2D eigenvalue weighted by atomic mass is 16.2. The van der Waals surface area contributed by atoms with Crippen LogP contribution < -0.4 is 10.6 Å². The summed E-state index contributed by atoms with van der Waals surface area (Å²) in [5, 5.41) is 6.30. The fourth-order valence-corrected chi connectivity index (χ4v) is 6.95. The summed E-state index contributed by atoms with van der Waals surface area (Å²) in [6.07, 6.45) is 8.38. The normalized spacial score (nSPS) is 30.2. The van der Waals surface area contributed by atoms with Gasteiger partial charge in [-0.25, -0.2) is 4.98 Å². The molecule has 0 unspecified atom stereocenters. The smallest absolute Gasteiger partial charge is 0.226 e. The van der Waals surface area contributed by atoms with Crippen LogP contribution in [0.1, 0.15) is 77.1 Å². The molecular formula is C26H36N4O2. The number of amides is 2. The molecule has 2 atom stereocenters. The van der Waals surface area contributed by atoms with Crippen molar-refractivity contribution in [3.8, 4) is 0 Å². The monoisotopic (exact) mass is 436 g/mol. The van der Waals surface area contributed by atoms with Crippen LogP contribution >= 0.6 is 0 Å². The van der Waals surface area contributed by atoms with E-state index in [4.69, 9.17) is 4.98 Å². The highest BCUT2D eigenvalue weighted by Crippen LogP contribution is 2.60. The molecule has 32 heavy (non-hydrogen) atoms. The average Bonchev–Trinajstić information content (AvgIpc) is 3.20. The van der Waals surface area contributed by atoms with Gasteiger partial charge < -0.3 is 15.6 Å². The van der Waals surface area contributed by atoms with Crippen LogP contribution in [-0.4, -0.2) is 28.3 Å². The first-order chi connectivity index (χ1) is 15.5. The minimum Gasteiger partial charge on any atom is -0.355 e. The van der Waals surface area contributed by atoms with Crippen LogP contribution in [0.2, 0.25) is 0 Å². The van der Waals surface area contributed by atoms with E-state index in [1.807, 2.05) is 24.3 Å². The number of fused-ring (bicyclic) bond motifs is 1. The molecule has 4 fully saturated rings. The fraction of sp³-hybridized carbons (Fsp3) is 0.654. The second-order valence-electron chi connectivity index (χ2n) is 10.8. The van der Waals surface area contributed by atoms with E-state index in [0.29, 0.717) is 13.0 Å². The van der Waals surface area contributed by atoms with Gasteiger partial charge >= 0.3 is 0 Å². The topological polar surface area (TPSA) is 86.9 Å². The summed E-state index contributed by atoms with van der Waals surface area (Å²) in [4.78, 5) is 34.0. The molecule has 4 bridgehead atoms. The molecule has 6 rings (SSSR count). The van der Waals surface area contributed by atoms with E-state index in [0.717, 1.165) is 60.3 Å². The largest absolute Gasteiger partial charge is 0.355 e. The van der Waals surface area contributed by atoms with Crippen molar-refractivity contribution in [1.82, 2.24) is 20.6 Å². The lowest BCUT2D eigenvalue weighted by molar-refractivity contribution is -0.146. The van der Waals surface area contributed by atoms with Gasteiger partial charge in [-0.2, -0.15) is 0 Å². The van der Waals surface area contributed by atoms with Crippen LogP contribution in [0.15, 0.2) is 24.3 Å². The van der Waals surface area contributed by atoms with Crippen LogP contribution in [0.25, 0.3) is 11.0 Å². The van der Waals surface area contributed by atoms with E-state index in [1.54, 1.807) is 0 Å². The van der Waals surface area contributed by atoms with E-state index in [2.05, 4.69) is 29.5 Å². The molecule has 0 radical (unpaired) electrons. The lowest BCUT2D eigenvalue weighted by Gasteiger charge is -2.55. The van der Waals surface area contributed by atoms with E-state index in [1.165, 1.54) is 19.3 Å². The fourth-order valence-electron chi connectivity index (χ4n) is 6.95. The van der Waals surface area contributed by atoms with Crippen LogP contribution in [0.3, 0.4) is 0 Å². The molecule has 1 heterocycles. The van der Waals surface area contributed by atoms with Gasteiger partial charge in [0.25, 0.3) is 0 Å². The Morgan fingerprint density at radius 2 is 1.78 bits per heavy atom. The second-order valence-corrected chi connectivity index (χ2v) is 10.8. The molecule has 2 aromatic rings. The molecule has 6 heteroatoms. The number of hydrogen-bond donors (Lipinski definition) is 3. The first-order valence-electron chi connectivity index (χ1n) is 12.5. The van der Waals surface area contributed by atoms with Gasteiger partial charge in [0.1, 0.15) is 5.82 Å². The highest BCUT2D eigenvalue weighted by Gasteiger charge is 2.54. The lowest BCUT2D eigenvalue weighted by Crippen LogP contribution is -2.53. The SMILES string of the molecule is CC[C@@H](C)[C@@H](NC(=O)CCNC(=O)C12CC3CC(CC(C3)C1)C2)c1nc2ccccc2[nH]1. The zero-order valence-corrected chi connectivity index (χ0v) is 19.3. The number of hydrogen-bond acceptors (Lipinski definition) is 3. The van der Waals surface area contributed by atoms with Gasteiger partial charge in [-0.3, -0.25) is 9.59 Å². The Hall–Kier alpha value is -2.37. The third kappa shape index (κ3) is 4.04. The Balaban J connectivity index is 1.17. The van der Waals surface area contributed by atoms with Crippen molar-refractivity contribution in [3.05, 3.63) is 30.1 Å². The molecule has 172 valence electrons. The molecule has 4 aliphatic carbocycles. The van der Waals surface area contributed by atoms with Gasteiger partial charge in [0, 0.05) is 18.4 Å². The number of carbonyl (C=O) groups is 2. The van der Waals surface area contributed by atoms with Crippen molar-refractivity contribution in [1.29, 1.82) is 0 Å². The first-order valence-corrected chi connectivity index (χ1v) is 12.5. The number of para-hydroxylation sites is 2. The number of benzene rings is 1. The number of rotatable bonds is 8. The predicted molar refractivity (Wildman–Crippen MR) is 125 cm³/mol. The number of imidazole rings is 1.